The molecule has 31 heavy (non-hydrogen) atoms. The summed E-state index contributed by atoms with van der Waals surface area (Å²) < 4.78 is 35.0. The molecule has 7 heteroatoms. The summed E-state index contributed by atoms with van der Waals surface area (Å²) in [7, 11) is 1.62. The van der Waals surface area contributed by atoms with E-state index in [-0.39, 0.29) is 17.5 Å². The highest BCUT2D eigenvalue weighted by molar-refractivity contribution is 5.95. The standard InChI is InChI=1S/C24H21F2N3O2/c1-31-20-5-3-2-4-17(20)24(8-9-24)27-23(30)21-16-11-13-10-15(13)22(16)29(28-21)19-7-6-14(25)12-18(19)26/h2-7,12-13,15H,8-11H2,1H3,(H,27,30)/t13-,15-/m1/s1. The Morgan fingerprint density at radius 2 is 2.03 bits per heavy atom. The maximum Gasteiger partial charge on any atom is 0.272 e. The van der Waals surface area contributed by atoms with E-state index in [2.05, 4.69) is 10.4 Å². The number of amides is 1. The summed E-state index contributed by atoms with van der Waals surface area (Å²) in [6.07, 6.45) is 3.43. The Kier molecular flexibility index (Phi) is 3.82. The number of rotatable bonds is 5. The zero-order valence-corrected chi connectivity index (χ0v) is 17.0. The van der Waals surface area contributed by atoms with Gasteiger partial charge in [-0.15, -0.1) is 0 Å². The van der Waals surface area contributed by atoms with Crippen LogP contribution in [0.2, 0.25) is 0 Å². The summed E-state index contributed by atoms with van der Waals surface area (Å²) in [5.41, 5.74) is 2.78. The first kappa shape index (κ1) is 18.5. The molecule has 2 fully saturated rings. The van der Waals surface area contributed by atoms with E-state index in [1.54, 1.807) is 7.11 Å². The number of hydrogen-bond donors (Lipinski definition) is 1. The van der Waals surface area contributed by atoms with Crippen LogP contribution in [0.3, 0.4) is 0 Å². The van der Waals surface area contributed by atoms with Crippen LogP contribution in [0.5, 0.6) is 5.75 Å². The molecule has 0 saturated heterocycles. The molecule has 158 valence electrons. The third-order valence-electron chi connectivity index (χ3n) is 6.84. The Bertz CT molecular complexity index is 1230. The van der Waals surface area contributed by atoms with Gasteiger partial charge in [-0.2, -0.15) is 5.10 Å². The van der Waals surface area contributed by atoms with Crippen molar-refractivity contribution in [2.24, 2.45) is 5.92 Å². The molecule has 1 heterocycles. The maximum atomic E-state index is 14.5. The Balaban J connectivity index is 1.38. The third kappa shape index (κ3) is 2.79. The van der Waals surface area contributed by atoms with Crippen LogP contribution in [0.4, 0.5) is 8.78 Å². The highest BCUT2D eigenvalue weighted by atomic mass is 19.1. The first-order chi connectivity index (χ1) is 15.0. The first-order valence-electron chi connectivity index (χ1n) is 10.5. The molecule has 1 N–H and O–H groups in total. The van der Waals surface area contributed by atoms with Gasteiger partial charge in [0.25, 0.3) is 5.91 Å². The van der Waals surface area contributed by atoms with E-state index in [0.717, 1.165) is 54.3 Å². The van der Waals surface area contributed by atoms with Crippen LogP contribution in [0.25, 0.3) is 5.69 Å². The summed E-state index contributed by atoms with van der Waals surface area (Å²) in [5.74, 6) is -0.0715. The van der Waals surface area contributed by atoms with E-state index in [1.807, 2.05) is 24.3 Å². The minimum absolute atomic E-state index is 0.176. The molecule has 1 aromatic heterocycles. The molecule has 0 spiro atoms. The number of carbonyl (C=O) groups is 1. The van der Waals surface area contributed by atoms with E-state index in [0.29, 0.717) is 11.6 Å². The summed E-state index contributed by atoms with van der Waals surface area (Å²) in [6, 6.07) is 11.1. The zero-order valence-electron chi connectivity index (χ0n) is 17.0. The second-order valence-corrected chi connectivity index (χ2v) is 8.76. The average molecular weight is 421 g/mol. The lowest BCUT2D eigenvalue weighted by atomic mass is 10.0. The maximum absolute atomic E-state index is 14.5. The van der Waals surface area contributed by atoms with Crippen molar-refractivity contribution in [1.29, 1.82) is 0 Å². The van der Waals surface area contributed by atoms with Gasteiger partial charge in [0.1, 0.15) is 17.3 Å². The molecule has 2 saturated carbocycles. The Morgan fingerprint density at radius 1 is 1.23 bits per heavy atom. The van der Waals surface area contributed by atoms with Crippen LogP contribution in [-0.2, 0) is 12.0 Å². The number of benzene rings is 2. The van der Waals surface area contributed by atoms with Gasteiger partial charge in [0.2, 0.25) is 0 Å². The van der Waals surface area contributed by atoms with Gasteiger partial charge in [0, 0.05) is 23.1 Å². The van der Waals surface area contributed by atoms with Crippen molar-refractivity contribution >= 4 is 5.91 Å². The topological polar surface area (TPSA) is 56.1 Å². The quantitative estimate of drug-likeness (QED) is 0.671. The van der Waals surface area contributed by atoms with Crippen molar-refractivity contribution in [1.82, 2.24) is 15.1 Å². The minimum Gasteiger partial charge on any atom is -0.496 e. The Labute approximate surface area is 178 Å². The van der Waals surface area contributed by atoms with Crippen molar-refractivity contribution in [3.8, 4) is 11.4 Å². The number of carbonyl (C=O) groups excluding carboxylic acids is 1. The van der Waals surface area contributed by atoms with E-state index in [4.69, 9.17) is 4.74 Å². The van der Waals surface area contributed by atoms with Gasteiger partial charge >= 0.3 is 0 Å². The summed E-state index contributed by atoms with van der Waals surface area (Å²) in [6.45, 7) is 0. The summed E-state index contributed by atoms with van der Waals surface area (Å²) >= 11 is 0. The molecule has 5 nitrogen and oxygen atoms in total. The largest absolute Gasteiger partial charge is 0.496 e. The fraction of sp³-hybridized carbons (Fsp3) is 0.333. The number of methoxy groups -OCH3 is 1. The van der Waals surface area contributed by atoms with E-state index < -0.39 is 17.2 Å². The zero-order chi connectivity index (χ0) is 21.3. The molecule has 3 aromatic rings. The lowest BCUT2D eigenvalue weighted by Crippen LogP contribution is -2.36. The van der Waals surface area contributed by atoms with Crippen LogP contribution in [0.15, 0.2) is 42.5 Å². The number of ether oxygens (including phenoxy) is 1. The molecule has 2 aromatic carbocycles. The highest BCUT2D eigenvalue weighted by Gasteiger charge is 2.52. The fourth-order valence-electron chi connectivity index (χ4n) is 5.04. The smallest absolute Gasteiger partial charge is 0.272 e. The summed E-state index contributed by atoms with van der Waals surface area (Å²) in [5, 5.41) is 7.70. The van der Waals surface area contributed by atoms with Gasteiger partial charge < -0.3 is 10.1 Å². The second kappa shape index (κ2) is 6.39. The van der Waals surface area contributed by atoms with Crippen LogP contribution in [0.1, 0.15) is 52.5 Å². The number of para-hydroxylation sites is 1. The van der Waals surface area contributed by atoms with Gasteiger partial charge in [-0.05, 0) is 49.8 Å². The predicted molar refractivity (Wildman–Crippen MR) is 109 cm³/mol. The minimum atomic E-state index is -0.686. The van der Waals surface area contributed by atoms with Gasteiger partial charge in [-0.25, -0.2) is 13.5 Å². The second-order valence-electron chi connectivity index (χ2n) is 8.76. The average Bonchev–Trinajstić information content (AvgIpc) is 3.64. The normalized spacial score (nSPS) is 21.9. The third-order valence-corrected chi connectivity index (χ3v) is 6.84. The van der Waals surface area contributed by atoms with Crippen molar-refractivity contribution in [3.63, 3.8) is 0 Å². The van der Waals surface area contributed by atoms with Gasteiger partial charge in [0.05, 0.1) is 18.3 Å². The van der Waals surface area contributed by atoms with E-state index >= 15 is 0 Å². The Morgan fingerprint density at radius 3 is 2.77 bits per heavy atom. The lowest BCUT2D eigenvalue weighted by Gasteiger charge is -2.20. The fourth-order valence-corrected chi connectivity index (χ4v) is 5.04. The van der Waals surface area contributed by atoms with E-state index in [1.165, 1.54) is 16.8 Å². The number of halogens is 2. The van der Waals surface area contributed by atoms with Gasteiger partial charge in [0.15, 0.2) is 11.5 Å². The molecular weight excluding hydrogens is 400 g/mol. The number of nitrogens with one attached hydrogen (secondary N) is 1. The number of fused-ring (bicyclic) bond motifs is 3. The molecule has 3 aliphatic rings. The molecular formula is C24H21F2N3O2. The van der Waals surface area contributed by atoms with Crippen molar-refractivity contribution in [3.05, 3.63) is 76.6 Å². The van der Waals surface area contributed by atoms with E-state index in [9.17, 15) is 13.6 Å². The predicted octanol–water partition coefficient (Wildman–Crippen LogP) is 4.24. The first-order valence-corrected chi connectivity index (χ1v) is 10.5. The SMILES string of the molecule is COc1ccccc1C1(NC(=O)c2nn(-c3ccc(F)cc3F)c3c2C[C@H]2C[C@@H]32)CC1. The number of hydrogen-bond acceptors (Lipinski definition) is 3. The monoisotopic (exact) mass is 421 g/mol. The molecule has 1 amide bonds. The van der Waals surface area contributed by atoms with Crippen molar-refractivity contribution < 1.29 is 18.3 Å². The van der Waals surface area contributed by atoms with Crippen LogP contribution < -0.4 is 10.1 Å². The molecule has 6 rings (SSSR count). The van der Waals surface area contributed by atoms with Crippen LogP contribution in [0, 0.1) is 17.6 Å². The van der Waals surface area contributed by atoms with Crippen LogP contribution >= 0.6 is 0 Å². The lowest BCUT2D eigenvalue weighted by molar-refractivity contribution is 0.0923. The van der Waals surface area contributed by atoms with Gasteiger partial charge in [-0.1, -0.05) is 18.2 Å². The van der Waals surface area contributed by atoms with Crippen LogP contribution in [-0.4, -0.2) is 22.8 Å². The highest BCUT2D eigenvalue weighted by Crippen LogP contribution is 2.57. The molecule has 0 bridgehead atoms. The molecule has 3 aliphatic carbocycles. The number of aromatic nitrogens is 2. The Hall–Kier alpha value is -3.22. The number of nitrogens with zero attached hydrogens (tertiary/aromatic N) is 2. The van der Waals surface area contributed by atoms with Crippen molar-refractivity contribution in [2.45, 2.75) is 37.1 Å². The molecule has 0 unspecified atom stereocenters. The molecule has 0 aliphatic heterocycles. The molecule has 2 atom stereocenters. The summed E-state index contributed by atoms with van der Waals surface area (Å²) in [4.78, 5) is 13.4. The van der Waals surface area contributed by atoms with Gasteiger partial charge in [-0.3, -0.25) is 4.79 Å². The van der Waals surface area contributed by atoms with Crippen molar-refractivity contribution in [2.75, 3.05) is 7.11 Å². The molecule has 0 radical (unpaired) electrons.